The van der Waals surface area contributed by atoms with Crippen LogP contribution in [0.25, 0.3) is 11.1 Å². The Kier molecular flexibility index (Phi) is 6.04. The normalized spacial score (nSPS) is 12.6. The van der Waals surface area contributed by atoms with Gasteiger partial charge in [0.05, 0.1) is 6.10 Å². The van der Waals surface area contributed by atoms with Gasteiger partial charge >= 0.3 is 0 Å². The Hall–Kier alpha value is -1.78. The molecule has 0 saturated carbocycles. The van der Waals surface area contributed by atoms with E-state index in [-0.39, 0.29) is 17.8 Å². The fraction of sp³-hybridized carbons (Fsp3) is 0.389. The first-order valence-electron chi connectivity index (χ1n) is 7.65. The molecule has 1 aromatic heterocycles. The lowest BCUT2D eigenvalue weighted by Crippen LogP contribution is -2.23. The Morgan fingerprint density at radius 3 is 2.50 bits per heavy atom. The molecule has 1 heterocycles. The van der Waals surface area contributed by atoms with E-state index >= 15 is 0 Å². The van der Waals surface area contributed by atoms with Crippen molar-refractivity contribution in [1.82, 2.24) is 10.3 Å². The minimum absolute atomic E-state index is 0.216. The first-order chi connectivity index (χ1) is 10.6. The van der Waals surface area contributed by atoms with Gasteiger partial charge in [0, 0.05) is 24.5 Å². The predicted octanol–water partition coefficient (Wildman–Crippen LogP) is 3.38. The molecule has 1 atom stereocenters. The molecule has 0 aliphatic carbocycles. The summed E-state index contributed by atoms with van der Waals surface area (Å²) in [4.78, 5) is 3.96. The lowest BCUT2D eigenvalue weighted by atomic mass is 10.0. The summed E-state index contributed by atoms with van der Waals surface area (Å²) >= 11 is 0. The average molecular weight is 302 g/mol. The van der Waals surface area contributed by atoms with E-state index in [4.69, 9.17) is 0 Å². The third kappa shape index (κ3) is 4.61. The number of rotatable bonds is 7. The van der Waals surface area contributed by atoms with Crippen LogP contribution in [0, 0.1) is 11.7 Å². The van der Waals surface area contributed by atoms with Gasteiger partial charge in [0.2, 0.25) is 0 Å². The quantitative estimate of drug-likeness (QED) is 0.771. The van der Waals surface area contributed by atoms with Crippen LogP contribution in [0.5, 0.6) is 0 Å². The van der Waals surface area contributed by atoms with Crippen molar-refractivity contribution in [2.45, 2.75) is 32.9 Å². The van der Waals surface area contributed by atoms with Crippen molar-refractivity contribution < 1.29 is 9.50 Å². The monoisotopic (exact) mass is 302 g/mol. The number of hydrogen-bond donors (Lipinski definition) is 2. The van der Waals surface area contributed by atoms with E-state index < -0.39 is 0 Å². The van der Waals surface area contributed by atoms with Crippen molar-refractivity contribution in [1.29, 1.82) is 0 Å². The maximum Gasteiger partial charge on any atom is 0.128 e. The largest absolute Gasteiger partial charge is 0.393 e. The number of benzene rings is 1. The van der Waals surface area contributed by atoms with E-state index in [9.17, 15) is 9.50 Å². The maximum absolute atomic E-state index is 14.1. The van der Waals surface area contributed by atoms with Crippen LogP contribution in [-0.2, 0) is 6.54 Å². The number of aliphatic hydroxyl groups excluding tert-OH is 1. The van der Waals surface area contributed by atoms with E-state index in [2.05, 4.69) is 10.3 Å². The van der Waals surface area contributed by atoms with Gasteiger partial charge in [-0.2, -0.15) is 0 Å². The Morgan fingerprint density at radius 2 is 1.86 bits per heavy atom. The molecule has 0 fully saturated rings. The molecule has 0 saturated heterocycles. The van der Waals surface area contributed by atoms with Gasteiger partial charge in [0.25, 0.3) is 0 Å². The molecular weight excluding hydrogens is 279 g/mol. The van der Waals surface area contributed by atoms with Crippen molar-refractivity contribution in [3.05, 3.63) is 54.1 Å². The topological polar surface area (TPSA) is 45.1 Å². The second-order valence-corrected chi connectivity index (χ2v) is 5.82. The fourth-order valence-electron chi connectivity index (χ4n) is 2.22. The lowest BCUT2D eigenvalue weighted by Gasteiger charge is -2.14. The number of halogens is 1. The molecule has 2 aromatic rings. The second-order valence-electron chi connectivity index (χ2n) is 5.82. The summed E-state index contributed by atoms with van der Waals surface area (Å²) in [7, 11) is 0. The Balaban J connectivity index is 1.91. The van der Waals surface area contributed by atoms with E-state index in [1.54, 1.807) is 24.5 Å². The molecular formula is C18H23FN2O. The number of nitrogens with one attached hydrogen (secondary N) is 1. The molecule has 3 nitrogen and oxygen atoms in total. The minimum Gasteiger partial charge on any atom is -0.393 e. The average Bonchev–Trinajstić information content (AvgIpc) is 2.53. The zero-order valence-electron chi connectivity index (χ0n) is 13.1. The van der Waals surface area contributed by atoms with Crippen LogP contribution in [0.4, 0.5) is 4.39 Å². The van der Waals surface area contributed by atoms with Crippen molar-refractivity contribution in [3.8, 4) is 11.1 Å². The SMILES string of the molecule is CC(C)C(O)CCNCc1ccc(-c2ccncc2)cc1F. The van der Waals surface area contributed by atoms with E-state index in [0.29, 0.717) is 25.1 Å². The number of hydrogen-bond acceptors (Lipinski definition) is 3. The number of nitrogens with zero attached hydrogens (tertiary/aromatic N) is 1. The van der Waals surface area contributed by atoms with E-state index in [1.165, 1.54) is 0 Å². The van der Waals surface area contributed by atoms with Crippen molar-refractivity contribution in [2.75, 3.05) is 6.54 Å². The molecule has 0 bridgehead atoms. The zero-order chi connectivity index (χ0) is 15.9. The van der Waals surface area contributed by atoms with Gasteiger partial charge in [0.1, 0.15) is 5.82 Å². The van der Waals surface area contributed by atoms with Gasteiger partial charge < -0.3 is 10.4 Å². The van der Waals surface area contributed by atoms with Crippen LogP contribution in [0.15, 0.2) is 42.7 Å². The number of pyridine rings is 1. The smallest absolute Gasteiger partial charge is 0.128 e. The Bertz CT molecular complexity index is 587. The molecule has 0 radical (unpaired) electrons. The Morgan fingerprint density at radius 1 is 1.14 bits per heavy atom. The molecule has 118 valence electrons. The van der Waals surface area contributed by atoms with Crippen LogP contribution in [0.1, 0.15) is 25.8 Å². The highest BCUT2D eigenvalue weighted by molar-refractivity contribution is 5.63. The number of aromatic nitrogens is 1. The summed E-state index contributed by atoms with van der Waals surface area (Å²) in [6, 6.07) is 8.99. The van der Waals surface area contributed by atoms with E-state index in [0.717, 1.165) is 11.1 Å². The highest BCUT2D eigenvalue weighted by Gasteiger charge is 2.09. The molecule has 0 amide bonds. The molecule has 0 aliphatic rings. The Labute approximate surface area is 131 Å². The van der Waals surface area contributed by atoms with Crippen LogP contribution in [-0.4, -0.2) is 22.7 Å². The highest BCUT2D eigenvalue weighted by atomic mass is 19.1. The second kappa shape index (κ2) is 8.01. The molecule has 4 heteroatoms. The van der Waals surface area contributed by atoms with Crippen LogP contribution in [0.2, 0.25) is 0 Å². The standard InChI is InChI=1S/C18H23FN2O/c1-13(2)18(22)7-10-21-12-16-4-3-15(11-17(16)19)14-5-8-20-9-6-14/h3-6,8-9,11,13,18,21-22H,7,10,12H2,1-2H3. The van der Waals surface area contributed by atoms with Crippen molar-refractivity contribution in [3.63, 3.8) is 0 Å². The van der Waals surface area contributed by atoms with Gasteiger partial charge in [-0.3, -0.25) is 4.98 Å². The van der Waals surface area contributed by atoms with Crippen molar-refractivity contribution >= 4 is 0 Å². The van der Waals surface area contributed by atoms with E-state index in [1.807, 2.05) is 32.0 Å². The summed E-state index contributed by atoms with van der Waals surface area (Å²) in [6.07, 6.45) is 3.76. The van der Waals surface area contributed by atoms with Gasteiger partial charge in [-0.25, -0.2) is 4.39 Å². The van der Waals surface area contributed by atoms with Crippen LogP contribution >= 0.6 is 0 Å². The van der Waals surface area contributed by atoms with Crippen LogP contribution in [0.3, 0.4) is 0 Å². The lowest BCUT2D eigenvalue weighted by molar-refractivity contribution is 0.116. The molecule has 2 rings (SSSR count). The first kappa shape index (κ1) is 16.6. The summed E-state index contributed by atoms with van der Waals surface area (Å²) in [5, 5.41) is 12.9. The van der Waals surface area contributed by atoms with Crippen LogP contribution < -0.4 is 5.32 Å². The third-order valence-corrected chi connectivity index (χ3v) is 3.77. The molecule has 0 spiro atoms. The maximum atomic E-state index is 14.1. The molecule has 0 aliphatic heterocycles. The molecule has 22 heavy (non-hydrogen) atoms. The fourth-order valence-corrected chi connectivity index (χ4v) is 2.22. The van der Waals surface area contributed by atoms with Gasteiger partial charge in [0.15, 0.2) is 0 Å². The summed E-state index contributed by atoms with van der Waals surface area (Å²) in [5.74, 6) is 0.0319. The van der Waals surface area contributed by atoms with Crippen molar-refractivity contribution in [2.24, 2.45) is 5.92 Å². The van der Waals surface area contributed by atoms with Gasteiger partial charge in [-0.05, 0) is 48.2 Å². The molecule has 2 N–H and O–H groups in total. The summed E-state index contributed by atoms with van der Waals surface area (Å²) < 4.78 is 14.1. The van der Waals surface area contributed by atoms with Gasteiger partial charge in [-0.1, -0.05) is 26.0 Å². The first-order valence-corrected chi connectivity index (χ1v) is 7.65. The molecule has 1 aromatic carbocycles. The zero-order valence-corrected chi connectivity index (χ0v) is 13.1. The molecule has 1 unspecified atom stereocenters. The van der Waals surface area contributed by atoms with Gasteiger partial charge in [-0.15, -0.1) is 0 Å². The number of aliphatic hydroxyl groups is 1. The highest BCUT2D eigenvalue weighted by Crippen LogP contribution is 2.21. The summed E-state index contributed by atoms with van der Waals surface area (Å²) in [6.45, 7) is 5.11. The predicted molar refractivity (Wildman–Crippen MR) is 86.8 cm³/mol. The third-order valence-electron chi connectivity index (χ3n) is 3.77. The minimum atomic E-state index is -0.314. The summed E-state index contributed by atoms with van der Waals surface area (Å²) in [5.41, 5.74) is 2.43.